The number of carbonyl (C=O) groups excluding carboxylic acids is 2. The number of hydrogen-bond donors (Lipinski definition) is 3. The van der Waals surface area contributed by atoms with Crippen LogP contribution in [0.25, 0.3) is 16.9 Å². The first kappa shape index (κ1) is 21.2. The second kappa shape index (κ2) is 8.48. The molecule has 4 aromatic rings. The van der Waals surface area contributed by atoms with Gasteiger partial charge in [-0.15, -0.1) is 5.10 Å². The maximum atomic E-state index is 13.0. The van der Waals surface area contributed by atoms with Gasteiger partial charge in [0.15, 0.2) is 23.4 Å². The van der Waals surface area contributed by atoms with Crippen LogP contribution in [0.4, 0.5) is 17.2 Å². The van der Waals surface area contributed by atoms with Crippen LogP contribution in [0.5, 0.6) is 0 Å². The van der Waals surface area contributed by atoms with Crippen LogP contribution in [-0.4, -0.2) is 58.1 Å². The van der Waals surface area contributed by atoms with Crippen LogP contribution in [0, 0.1) is 11.8 Å². The number of carbonyl (C=O) groups is 2. The van der Waals surface area contributed by atoms with Crippen LogP contribution in [0.2, 0.25) is 0 Å². The Morgan fingerprint density at radius 3 is 2.71 bits per heavy atom. The molecular weight excluding hydrogens is 446 g/mol. The molecule has 10 nitrogen and oxygen atoms in total. The lowest BCUT2D eigenvalue weighted by Crippen LogP contribution is -2.31. The predicted molar refractivity (Wildman–Crippen MR) is 130 cm³/mol. The third-order valence-corrected chi connectivity index (χ3v) is 6.57. The highest BCUT2D eigenvalue weighted by Crippen LogP contribution is 2.44. The van der Waals surface area contributed by atoms with Gasteiger partial charge in [0.05, 0.1) is 30.8 Å². The topological polar surface area (TPSA) is 123 Å². The van der Waals surface area contributed by atoms with Gasteiger partial charge in [0.25, 0.3) is 5.91 Å². The smallest absolute Gasteiger partial charge is 0.271 e. The van der Waals surface area contributed by atoms with Crippen LogP contribution < -0.4 is 16.0 Å². The molecule has 1 amide bonds. The zero-order valence-corrected chi connectivity index (χ0v) is 18.9. The molecule has 2 fully saturated rings. The molecule has 10 heteroatoms. The average Bonchev–Trinajstić information content (AvgIpc) is 3.24. The van der Waals surface area contributed by atoms with Crippen molar-refractivity contribution in [2.45, 2.75) is 6.04 Å². The van der Waals surface area contributed by atoms with E-state index in [0.29, 0.717) is 47.8 Å². The Hall–Kier alpha value is -4.31. The Kier molecular flexibility index (Phi) is 5.14. The minimum Gasteiger partial charge on any atom is -0.385 e. The highest BCUT2D eigenvalue weighted by molar-refractivity contribution is 5.94. The van der Waals surface area contributed by atoms with Gasteiger partial charge >= 0.3 is 0 Å². The second-order valence-corrected chi connectivity index (χ2v) is 8.74. The standard InChI is InChI=1S/C25H23N7O3/c1-26-20-8-22(29-16-4-2-3-15(7-16)19-6-5-14(11-33)9-27-19)31-32-21(10-28-24(20)32)25(34)30-23-17-12-35-13-18(17)23/h2-11,17-18,23,26H,12-13H2,1H3,(H,29,31)(H,30,34)/t17-,18+,23?. The van der Waals surface area contributed by atoms with Crippen molar-refractivity contribution in [3.63, 3.8) is 0 Å². The molecule has 1 unspecified atom stereocenters. The summed E-state index contributed by atoms with van der Waals surface area (Å²) in [5, 5.41) is 14.2. The van der Waals surface area contributed by atoms with Crippen LogP contribution in [0.1, 0.15) is 20.8 Å². The Morgan fingerprint density at radius 2 is 1.97 bits per heavy atom. The highest BCUT2D eigenvalue weighted by Gasteiger charge is 2.54. The number of pyridine rings is 1. The summed E-state index contributed by atoms with van der Waals surface area (Å²) in [5.74, 6) is 1.17. The third-order valence-electron chi connectivity index (χ3n) is 6.57. The normalized spacial score (nSPS) is 20.3. The number of aromatic nitrogens is 4. The number of rotatable bonds is 7. The summed E-state index contributed by atoms with van der Waals surface area (Å²) < 4.78 is 6.97. The monoisotopic (exact) mass is 469 g/mol. The molecule has 1 saturated carbocycles. The molecule has 0 radical (unpaired) electrons. The maximum Gasteiger partial charge on any atom is 0.271 e. The van der Waals surface area contributed by atoms with Gasteiger partial charge in [0, 0.05) is 54.0 Å². The minimum atomic E-state index is -0.199. The molecule has 1 aromatic carbocycles. The lowest BCUT2D eigenvalue weighted by Gasteiger charge is -2.12. The summed E-state index contributed by atoms with van der Waals surface area (Å²) in [7, 11) is 1.80. The first-order valence-electron chi connectivity index (χ1n) is 11.4. The first-order chi connectivity index (χ1) is 17.1. The van der Waals surface area contributed by atoms with Gasteiger partial charge in [0.2, 0.25) is 0 Å². The van der Waals surface area contributed by atoms with E-state index in [2.05, 4.69) is 31.0 Å². The third kappa shape index (κ3) is 3.87. The number of imidazole rings is 1. The van der Waals surface area contributed by atoms with Crippen LogP contribution in [-0.2, 0) is 4.74 Å². The quantitative estimate of drug-likeness (QED) is 0.353. The van der Waals surface area contributed by atoms with E-state index in [1.165, 1.54) is 0 Å². The van der Waals surface area contributed by atoms with Gasteiger partial charge < -0.3 is 20.7 Å². The lowest BCUT2D eigenvalue weighted by atomic mass is 10.1. The van der Waals surface area contributed by atoms with E-state index >= 15 is 0 Å². The van der Waals surface area contributed by atoms with Crippen molar-refractivity contribution >= 4 is 35.0 Å². The van der Waals surface area contributed by atoms with E-state index in [1.54, 1.807) is 30.0 Å². The number of fused-ring (bicyclic) bond motifs is 2. The molecule has 2 aliphatic rings. The first-order valence-corrected chi connectivity index (χ1v) is 11.4. The fraction of sp³-hybridized carbons (Fsp3) is 0.240. The summed E-state index contributed by atoms with van der Waals surface area (Å²) in [6.45, 7) is 1.41. The Bertz CT molecular complexity index is 1420. The van der Waals surface area contributed by atoms with Crippen molar-refractivity contribution in [2.24, 2.45) is 11.8 Å². The molecule has 1 aliphatic carbocycles. The number of anilines is 3. The van der Waals surface area contributed by atoms with E-state index in [9.17, 15) is 9.59 Å². The van der Waals surface area contributed by atoms with Gasteiger partial charge in [-0.2, -0.15) is 0 Å². The lowest BCUT2D eigenvalue weighted by molar-refractivity contribution is 0.0921. The van der Waals surface area contributed by atoms with E-state index in [1.807, 2.05) is 36.4 Å². The molecule has 3 aromatic heterocycles. The molecule has 0 bridgehead atoms. The summed E-state index contributed by atoms with van der Waals surface area (Å²) in [4.78, 5) is 32.7. The van der Waals surface area contributed by atoms with Crippen molar-refractivity contribution < 1.29 is 14.3 Å². The highest BCUT2D eigenvalue weighted by atomic mass is 16.5. The van der Waals surface area contributed by atoms with Crippen LogP contribution in [0.15, 0.2) is 54.9 Å². The SMILES string of the molecule is CNc1cc(Nc2cccc(-c3ccc(C=O)cn3)c2)nn2c(C(=O)NC3[C@H]4COC[C@@H]34)cnc12. The Balaban J connectivity index is 1.28. The molecule has 1 saturated heterocycles. The number of nitrogens with one attached hydrogen (secondary N) is 3. The zero-order chi connectivity index (χ0) is 23.9. The van der Waals surface area contributed by atoms with Gasteiger partial charge in [-0.25, -0.2) is 9.50 Å². The van der Waals surface area contributed by atoms with Gasteiger partial charge in [-0.1, -0.05) is 12.1 Å². The van der Waals surface area contributed by atoms with E-state index in [4.69, 9.17) is 4.74 Å². The summed E-state index contributed by atoms with van der Waals surface area (Å²) in [6.07, 6.45) is 3.86. The number of nitrogens with zero attached hydrogens (tertiary/aromatic N) is 4. The summed E-state index contributed by atoms with van der Waals surface area (Å²) in [6, 6.07) is 13.3. The summed E-state index contributed by atoms with van der Waals surface area (Å²) in [5.41, 5.74) is 4.65. The minimum absolute atomic E-state index is 0.156. The zero-order valence-electron chi connectivity index (χ0n) is 18.9. The second-order valence-electron chi connectivity index (χ2n) is 8.74. The molecule has 4 heterocycles. The number of ether oxygens (including phenoxy) is 1. The summed E-state index contributed by atoms with van der Waals surface area (Å²) >= 11 is 0. The van der Waals surface area contributed by atoms with E-state index in [-0.39, 0.29) is 11.9 Å². The van der Waals surface area contributed by atoms with E-state index < -0.39 is 0 Å². The molecule has 3 atom stereocenters. The largest absolute Gasteiger partial charge is 0.385 e. The van der Waals surface area contributed by atoms with Crippen molar-refractivity contribution in [3.05, 3.63) is 66.1 Å². The van der Waals surface area contributed by atoms with Crippen molar-refractivity contribution in [1.29, 1.82) is 0 Å². The molecule has 176 valence electrons. The Morgan fingerprint density at radius 1 is 1.11 bits per heavy atom. The van der Waals surface area contributed by atoms with Gasteiger partial charge in [-0.05, 0) is 24.3 Å². The van der Waals surface area contributed by atoms with Crippen molar-refractivity contribution in [2.75, 3.05) is 30.9 Å². The van der Waals surface area contributed by atoms with Crippen molar-refractivity contribution in [1.82, 2.24) is 24.9 Å². The fourth-order valence-electron chi connectivity index (χ4n) is 4.60. The molecule has 35 heavy (non-hydrogen) atoms. The van der Waals surface area contributed by atoms with Gasteiger partial charge in [-0.3, -0.25) is 14.6 Å². The molecular formula is C25H23N7O3. The maximum absolute atomic E-state index is 13.0. The van der Waals surface area contributed by atoms with Gasteiger partial charge in [0.1, 0.15) is 0 Å². The number of amides is 1. The molecule has 0 spiro atoms. The molecule has 3 N–H and O–H groups in total. The van der Waals surface area contributed by atoms with Crippen LogP contribution >= 0.6 is 0 Å². The number of hydrogen-bond acceptors (Lipinski definition) is 8. The van der Waals surface area contributed by atoms with Crippen LogP contribution in [0.3, 0.4) is 0 Å². The predicted octanol–water partition coefficient (Wildman–Crippen LogP) is 2.76. The number of aldehydes is 1. The fourth-order valence-corrected chi connectivity index (χ4v) is 4.60. The Labute approximate surface area is 200 Å². The molecule has 6 rings (SSSR count). The van der Waals surface area contributed by atoms with Crippen molar-refractivity contribution in [3.8, 4) is 11.3 Å². The molecule has 1 aliphatic heterocycles. The number of benzene rings is 1. The average molecular weight is 470 g/mol. The van der Waals surface area contributed by atoms with E-state index in [0.717, 1.165) is 28.9 Å².